The molecule has 0 atom stereocenters. The molecule has 0 saturated heterocycles. The number of esters is 1. The number of carbonyl (C=O) groups excluding carboxylic acids is 3. The molecule has 0 aliphatic carbocycles. The highest BCUT2D eigenvalue weighted by Gasteiger charge is 2.28. The molecule has 1 aliphatic rings. The molecule has 7 nitrogen and oxygen atoms in total. The number of thiophene rings is 2. The molecular weight excluding hydrogens is 566 g/mol. The maximum atomic E-state index is 13.7. The van der Waals surface area contributed by atoms with E-state index in [2.05, 4.69) is 10.3 Å². The van der Waals surface area contributed by atoms with Gasteiger partial charge in [-0.25, -0.2) is 9.78 Å². The Balaban J connectivity index is 1.23. The molecular formula is C30H22ClN3O4S2. The summed E-state index contributed by atoms with van der Waals surface area (Å²) >= 11 is 9.13. The minimum absolute atomic E-state index is 0.137. The Morgan fingerprint density at radius 3 is 2.67 bits per heavy atom. The number of ether oxygens (including phenoxy) is 1. The summed E-state index contributed by atoms with van der Waals surface area (Å²) in [5.74, 6) is -0.855. The van der Waals surface area contributed by atoms with Gasteiger partial charge in [0.05, 0.1) is 28.1 Å². The molecule has 2 aromatic carbocycles. The lowest BCUT2D eigenvalue weighted by atomic mass is 10.1. The third-order valence-electron chi connectivity index (χ3n) is 6.60. The first-order valence-corrected chi connectivity index (χ1v) is 14.7. The second-order valence-electron chi connectivity index (χ2n) is 9.07. The smallest absolute Gasteiger partial charge is 0.348 e. The second-order valence-corrected chi connectivity index (χ2v) is 11.4. The predicted octanol–water partition coefficient (Wildman–Crippen LogP) is 7.31. The van der Waals surface area contributed by atoms with Crippen LogP contribution in [0.1, 0.15) is 42.9 Å². The van der Waals surface area contributed by atoms with Crippen LogP contribution in [0.5, 0.6) is 0 Å². The van der Waals surface area contributed by atoms with Crippen LogP contribution in [0.4, 0.5) is 11.4 Å². The second kappa shape index (κ2) is 10.8. The quantitative estimate of drug-likeness (QED) is 0.172. The van der Waals surface area contributed by atoms with Crippen molar-refractivity contribution >= 4 is 73.6 Å². The normalized spacial score (nSPS) is 12.4. The molecule has 0 unspecified atom stereocenters. The van der Waals surface area contributed by atoms with E-state index < -0.39 is 0 Å². The van der Waals surface area contributed by atoms with Gasteiger partial charge in [-0.05, 0) is 72.8 Å². The lowest BCUT2D eigenvalue weighted by molar-refractivity contribution is 0.0531. The Kier molecular flexibility index (Phi) is 7.10. The first-order chi connectivity index (χ1) is 19.4. The van der Waals surface area contributed by atoms with Gasteiger partial charge in [-0.2, -0.15) is 0 Å². The summed E-state index contributed by atoms with van der Waals surface area (Å²) in [5.41, 5.74) is 4.77. The molecule has 2 amide bonds. The molecule has 6 rings (SSSR count). The molecule has 4 heterocycles. The third kappa shape index (κ3) is 4.88. The predicted molar refractivity (Wildman–Crippen MR) is 160 cm³/mol. The number of nitrogens with zero attached hydrogens (tertiary/aromatic N) is 2. The number of anilines is 2. The van der Waals surface area contributed by atoms with Crippen LogP contribution in [0.25, 0.3) is 20.7 Å². The number of aromatic nitrogens is 1. The number of rotatable bonds is 5. The van der Waals surface area contributed by atoms with Gasteiger partial charge in [0.25, 0.3) is 11.8 Å². The number of hydrogen-bond donors (Lipinski definition) is 1. The first-order valence-electron chi connectivity index (χ1n) is 12.6. The monoisotopic (exact) mass is 587 g/mol. The molecule has 10 heteroatoms. The van der Waals surface area contributed by atoms with Crippen molar-refractivity contribution in [2.45, 2.75) is 13.3 Å². The third-order valence-corrected chi connectivity index (χ3v) is 8.93. The minimum atomic E-state index is -0.373. The number of fused-ring (bicyclic) bond motifs is 4. The zero-order chi connectivity index (χ0) is 27.8. The maximum absolute atomic E-state index is 13.7. The average molecular weight is 588 g/mol. The summed E-state index contributed by atoms with van der Waals surface area (Å²) in [6, 6.07) is 20.0. The van der Waals surface area contributed by atoms with E-state index >= 15 is 0 Å². The number of hydrogen-bond acceptors (Lipinski definition) is 7. The number of halogens is 1. The van der Waals surface area contributed by atoms with Gasteiger partial charge < -0.3 is 15.0 Å². The highest BCUT2D eigenvalue weighted by molar-refractivity contribution is 7.17. The molecule has 0 spiro atoms. The summed E-state index contributed by atoms with van der Waals surface area (Å²) < 4.78 is 6.07. The van der Waals surface area contributed by atoms with Crippen molar-refractivity contribution < 1.29 is 19.1 Å². The highest BCUT2D eigenvalue weighted by Crippen LogP contribution is 2.42. The summed E-state index contributed by atoms with van der Waals surface area (Å²) in [6.07, 6.45) is 0.600. The number of carbonyl (C=O) groups is 3. The van der Waals surface area contributed by atoms with Crippen LogP contribution in [0.3, 0.4) is 0 Å². The van der Waals surface area contributed by atoms with Crippen molar-refractivity contribution in [3.05, 3.63) is 98.8 Å². The molecule has 40 heavy (non-hydrogen) atoms. The molecule has 0 fully saturated rings. The van der Waals surface area contributed by atoms with Crippen molar-refractivity contribution in [1.82, 2.24) is 4.98 Å². The van der Waals surface area contributed by atoms with Gasteiger partial charge in [0, 0.05) is 28.2 Å². The van der Waals surface area contributed by atoms with E-state index in [4.69, 9.17) is 16.3 Å². The number of pyridine rings is 1. The van der Waals surface area contributed by atoms with Crippen molar-refractivity contribution in [2.24, 2.45) is 0 Å². The fraction of sp³-hybridized carbons (Fsp3) is 0.133. The largest absolute Gasteiger partial charge is 0.462 e. The van der Waals surface area contributed by atoms with Crippen LogP contribution in [0, 0.1) is 0 Å². The topological polar surface area (TPSA) is 88.6 Å². The average Bonchev–Trinajstić information content (AvgIpc) is 3.57. The first kappa shape index (κ1) is 26.2. The summed E-state index contributed by atoms with van der Waals surface area (Å²) in [7, 11) is 0. The summed E-state index contributed by atoms with van der Waals surface area (Å²) in [5, 5.41) is 4.87. The Morgan fingerprint density at radius 1 is 1.07 bits per heavy atom. The van der Waals surface area contributed by atoms with Crippen molar-refractivity contribution in [1.29, 1.82) is 0 Å². The van der Waals surface area contributed by atoms with Crippen LogP contribution in [0.15, 0.2) is 72.1 Å². The van der Waals surface area contributed by atoms with E-state index in [1.165, 1.54) is 22.7 Å². The van der Waals surface area contributed by atoms with E-state index in [0.717, 1.165) is 31.9 Å². The fourth-order valence-electron chi connectivity index (χ4n) is 4.69. The Morgan fingerprint density at radius 2 is 1.88 bits per heavy atom. The van der Waals surface area contributed by atoms with Crippen molar-refractivity contribution in [2.75, 3.05) is 23.4 Å². The molecule has 0 bridgehead atoms. The van der Waals surface area contributed by atoms with E-state index in [1.54, 1.807) is 42.2 Å². The molecule has 3 aromatic heterocycles. The Hall–Kier alpha value is -4.05. The molecule has 1 aliphatic heterocycles. The number of amides is 2. The molecule has 0 radical (unpaired) electrons. The number of para-hydroxylation sites is 1. The standard InChI is InChI=1S/C30H22ClN3O4S2/c1-2-38-30(37)25-15-18-11-13-34(23-6-4-3-5-20(23)26(18)40-25)29(36)17-7-9-19(10-8-17)32-28(35)21-16-24-22(12-14-39-24)33-27(21)31/h3-10,12,14-16H,2,11,13H2,1H3,(H,32,35). The van der Waals surface area contributed by atoms with E-state index in [9.17, 15) is 14.4 Å². The van der Waals surface area contributed by atoms with Crippen LogP contribution >= 0.6 is 34.3 Å². The lowest BCUT2D eigenvalue weighted by Crippen LogP contribution is -2.32. The van der Waals surface area contributed by atoms with Crippen LogP contribution in [-0.2, 0) is 11.2 Å². The van der Waals surface area contributed by atoms with E-state index in [0.29, 0.717) is 35.7 Å². The molecule has 0 saturated carbocycles. The van der Waals surface area contributed by atoms with Crippen LogP contribution < -0.4 is 10.2 Å². The van der Waals surface area contributed by atoms with Gasteiger partial charge in [-0.15, -0.1) is 22.7 Å². The van der Waals surface area contributed by atoms with Crippen LogP contribution in [-0.4, -0.2) is 35.9 Å². The van der Waals surface area contributed by atoms with E-state index in [1.807, 2.05) is 41.8 Å². The number of nitrogens with one attached hydrogen (secondary N) is 1. The van der Waals surface area contributed by atoms with E-state index in [-0.39, 0.29) is 28.5 Å². The Labute approximate surface area is 243 Å². The molecule has 5 aromatic rings. The maximum Gasteiger partial charge on any atom is 0.348 e. The summed E-state index contributed by atoms with van der Waals surface area (Å²) in [6.45, 7) is 2.56. The fourth-order valence-corrected chi connectivity index (χ4v) is 6.82. The molecule has 200 valence electrons. The van der Waals surface area contributed by atoms with Crippen LogP contribution in [0.2, 0.25) is 5.15 Å². The van der Waals surface area contributed by atoms with Gasteiger partial charge in [0.15, 0.2) is 0 Å². The number of benzene rings is 2. The van der Waals surface area contributed by atoms with Crippen molar-refractivity contribution in [3.63, 3.8) is 0 Å². The zero-order valence-corrected chi connectivity index (χ0v) is 23.7. The van der Waals surface area contributed by atoms with Gasteiger partial charge in [-0.1, -0.05) is 29.8 Å². The Bertz CT molecular complexity index is 1780. The van der Waals surface area contributed by atoms with Gasteiger partial charge in [-0.3, -0.25) is 9.59 Å². The summed E-state index contributed by atoms with van der Waals surface area (Å²) in [4.78, 5) is 46.5. The van der Waals surface area contributed by atoms with Gasteiger partial charge in [0.2, 0.25) is 0 Å². The van der Waals surface area contributed by atoms with Gasteiger partial charge >= 0.3 is 5.97 Å². The zero-order valence-electron chi connectivity index (χ0n) is 21.3. The molecule has 1 N–H and O–H groups in total. The lowest BCUT2D eigenvalue weighted by Gasteiger charge is -2.23. The van der Waals surface area contributed by atoms with Crippen molar-refractivity contribution in [3.8, 4) is 10.4 Å². The SMILES string of the molecule is CCOC(=O)c1cc2c(s1)-c1ccccc1N(C(=O)c1ccc(NC(=O)c3cc4sccc4nc3Cl)cc1)CC2. The highest BCUT2D eigenvalue weighted by atomic mass is 35.5. The van der Waals surface area contributed by atoms with Gasteiger partial charge in [0.1, 0.15) is 10.0 Å². The minimum Gasteiger partial charge on any atom is -0.462 e.